The Morgan fingerprint density at radius 2 is 2.06 bits per heavy atom. The second-order valence-electron chi connectivity index (χ2n) is 3.09. The lowest BCUT2D eigenvalue weighted by Gasteiger charge is -2.02. The van der Waals surface area contributed by atoms with Crippen LogP contribution in [0.3, 0.4) is 0 Å². The molecule has 1 aromatic heterocycles. The van der Waals surface area contributed by atoms with E-state index in [1.807, 2.05) is 0 Å². The van der Waals surface area contributed by atoms with Gasteiger partial charge in [0, 0.05) is 24.4 Å². The van der Waals surface area contributed by atoms with E-state index >= 15 is 0 Å². The maximum Gasteiger partial charge on any atom is 0.151 e. The zero-order chi connectivity index (χ0) is 10.8. The zero-order valence-electron chi connectivity index (χ0n) is 8.23. The van der Waals surface area contributed by atoms with E-state index in [4.69, 9.17) is 5.73 Å². The normalized spacial score (nSPS) is 9.94. The molecule has 2 N–H and O–H groups in total. The van der Waals surface area contributed by atoms with Gasteiger partial charge in [-0.1, -0.05) is 0 Å². The van der Waals surface area contributed by atoms with Crippen molar-refractivity contribution >= 4 is 12.4 Å². The Hall–Kier alpha value is -1.46. The maximum absolute atomic E-state index is 13.3. The molecule has 0 aliphatic carbocycles. The fourth-order valence-corrected chi connectivity index (χ4v) is 1.26. The first-order chi connectivity index (χ1) is 7.20. The third kappa shape index (κ3) is 2.37. The predicted molar refractivity (Wildman–Crippen MR) is 58.6 cm³/mol. The van der Waals surface area contributed by atoms with Gasteiger partial charge in [0.05, 0.1) is 6.20 Å². The van der Waals surface area contributed by atoms with Gasteiger partial charge in [0.15, 0.2) is 5.82 Å². The quantitative estimate of drug-likeness (QED) is 0.880. The largest absolute Gasteiger partial charge is 0.326 e. The van der Waals surface area contributed by atoms with E-state index in [0.29, 0.717) is 6.54 Å². The second-order valence-corrected chi connectivity index (χ2v) is 3.09. The first-order valence-electron chi connectivity index (χ1n) is 4.40. The molecule has 0 bridgehead atoms. The number of nitrogens with zero attached hydrogens (tertiary/aromatic N) is 2. The van der Waals surface area contributed by atoms with Gasteiger partial charge >= 0.3 is 0 Å². The zero-order valence-corrected chi connectivity index (χ0v) is 9.05. The summed E-state index contributed by atoms with van der Waals surface area (Å²) in [5, 5.41) is 3.92. The van der Waals surface area contributed by atoms with Crippen LogP contribution in [0.2, 0.25) is 0 Å². The molecule has 86 valence electrons. The number of hydrogen-bond donors (Lipinski definition) is 1. The molecule has 0 amide bonds. The number of rotatable bonds is 2. The first-order valence-corrected chi connectivity index (χ1v) is 4.40. The molecule has 6 heteroatoms. The highest BCUT2D eigenvalue weighted by molar-refractivity contribution is 5.85. The number of benzene rings is 1. The van der Waals surface area contributed by atoms with E-state index in [-0.39, 0.29) is 18.1 Å². The summed E-state index contributed by atoms with van der Waals surface area (Å²) in [4.78, 5) is 0. The number of hydrogen-bond acceptors (Lipinski definition) is 2. The fourth-order valence-electron chi connectivity index (χ4n) is 1.26. The van der Waals surface area contributed by atoms with Gasteiger partial charge in [0.1, 0.15) is 11.5 Å². The third-order valence-corrected chi connectivity index (χ3v) is 2.03. The highest BCUT2D eigenvalue weighted by Gasteiger charge is 2.06. The van der Waals surface area contributed by atoms with E-state index in [0.717, 1.165) is 11.6 Å². The molecule has 0 aliphatic heterocycles. The standard InChI is InChI=1S/C10H9F2N3.ClH/c11-8-1-2-10(9(12)3-8)15-6-7(4-13)5-14-15;/h1-3,5-6H,4,13H2;1H. The summed E-state index contributed by atoms with van der Waals surface area (Å²) in [6.07, 6.45) is 3.15. The van der Waals surface area contributed by atoms with Crippen molar-refractivity contribution in [3.05, 3.63) is 47.8 Å². The summed E-state index contributed by atoms with van der Waals surface area (Å²) in [5.74, 6) is -1.26. The molecular formula is C10H10ClF2N3. The molecule has 0 saturated heterocycles. The van der Waals surface area contributed by atoms with Crippen LogP contribution >= 0.6 is 12.4 Å². The summed E-state index contributed by atoms with van der Waals surface area (Å²) >= 11 is 0. The molecule has 0 unspecified atom stereocenters. The topological polar surface area (TPSA) is 43.8 Å². The highest BCUT2D eigenvalue weighted by Crippen LogP contribution is 2.14. The molecule has 0 fully saturated rings. The molecule has 0 radical (unpaired) electrons. The lowest BCUT2D eigenvalue weighted by atomic mass is 10.3. The Kier molecular flexibility index (Phi) is 3.98. The summed E-state index contributed by atoms with van der Waals surface area (Å²) in [5.41, 5.74) is 6.39. The van der Waals surface area contributed by atoms with Gasteiger partial charge in [-0.25, -0.2) is 13.5 Å². The van der Waals surface area contributed by atoms with Crippen molar-refractivity contribution in [3.8, 4) is 5.69 Å². The first kappa shape index (κ1) is 12.6. The summed E-state index contributed by atoms with van der Waals surface area (Å²) in [6, 6.07) is 3.33. The molecule has 16 heavy (non-hydrogen) atoms. The van der Waals surface area contributed by atoms with Gasteiger partial charge in [-0.05, 0) is 12.1 Å². The molecule has 3 nitrogen and oxygen atoms in total. The third-order valence-electron chi connectivity index (χ3n) is 2.03. The van der Waals surface area contributed by atoms with Crippen molar-refractivity contribution in [3.63, 3.8) is 0 Å². The van der Waals surface area contributed by atoms with Crippen LogP contribution in [0.5, 0.6) is 0 Å². The van der Waals surface area contributed by atoms with E-state index in [2.05, 4.69) is 5.10 Å². The number of aromatic nitrogens is 2. The van der Waals surface area contributed by atoms with Gasteiger partial charge in [0.25, 0.3) is 0 Å². The van der Waals surface area contributed by atoms with Crippen LogP contribution in [0.4, 0.5) is 8.78 Å². The Balaban J connectivity index is 0.00000128. The van der Waals surface area contributed by atoms with Crippen LogP contribution in [0.1, 0.15) is 5.56 Å². The highest BCUT2D eigenvalue weighted by atomic mass is 35.5. The minimum absolute atomic E-state index is 0. The van der Waals surface area contributed by atoms with Gasteiger partial charge in [-0.15, -0.1) is 12.4 Å². The molecule has 1 heterocycles. The molecule has 1 aromatic carbocycles. The van der Waals surface area contributed by atoms with Crippen LogP contribution in [-0.4, -0.2) is 9.78 Å². The average Bonchev–Trinajstić information content (AvgIpc) is 2.66. The number of halogens is 3. The van der Waals surface area contributed by atoms with Gasteiger partial charge < -0.3 is 5.73 Å². The average molecular weight is 246 g/mol. The van der Waals surface area contributed by atoms with Crippen LogP contribution in [-0.2, 0) is 6.54 Å². The van der Waals surface area contributed by atoms with Crippen LogP contribution in [0.25, 0.3) is 5.69 Å². The van der Waals surface area contributed by atoms with Crippen molar-refractivity contribution in [1.82, 2.24) is 9.78 Å². The van der Waals surface area contributed by atoms with E-state index < -0.39 is 11.6 Å². The second kappa shape index (κ2) is 5.05. The van der Waals surface area contributed by atoms with Crippen LogP contribution in [0, 0.1) is 11.6 Å². The SMILES string of the molecule is Cl.NCc1cnn(-c2ccc(F)cc2F)c1. The summed E-state index contributed by atoms with van der Waals surface area (Å²) in [6.45, 7) is 0.336. The Morgan fingerprint density at radius 3 is 2.62 bits per heavy atom. The van der Waals surface area contributed by atoms with Crippen molar-refractivity contribution in [2.45, 2.75) is 6.54 Å². The van der Waals surface area contributed by atoms with E-state index in [1.54, 1.807) is 12.4 Å². The van der Waals surface area contributed by atoms with Gasteiger partial charge in [-0.3, -0.25) is 0 Å². The van der Waals surface area contributed by atoms with Crippen molar-refractivity contribution in [2.24, 2.45) is 5.73 Å². The number of nitrogens with two attached hydrogens (primary N) is 1. The van der Waals surface area contributed by atoms with Gasteiger partial charge in [0.2, 0.25) is 0 Å². The summed E-state index contributed by atoms with van der Waals surface area (Å²) in [7, 11) is 0. The molecule has 0 atom stereocenters. The molecule has 0 aliphatic rings. The molecular weight excluding hydrogens is 236 g/mol. The van der Waals surface area contributed by atoms with Crippen molar-refractivity contribution in [2.75, 3.05) is 0 Å². The Labute approximate surface area is 97.3 Å². The molecule has 0 saturated carbocycles. The van der Waals surface area contributed by atoms with Crippen molar-refractivity contribution < 1.29 is 8.78 Å². The van der Waals surface area contributed by atoms with Gasteiger partial charge in [-0.2, -0.15) is 5.10 Å². The Morgan fingerprint density at radius 1 is 1.31 bits per heavy atom. The minimum atomic E-state index is -0.651. The maximum atomic E-state index is 13.3. The molecule has 0 spiro atoms. The molecule has 2 rings (SSSR count). The fraction of sp³-hybridized carbons (Fsp3) is 0.100. The predicted octanol–water partition coefficient (Wildman–Crippen LogP) is 2.03. The van der Waals surface area contributed by atoms with Crippen molar-refractivity contribution in [1.29, 1.82) is 0 Å². The van der Waals surface area contributed by atoms with Crippen LogP contribution < -0.4 is 5.73 Å². The summed E-state index contributed by atoms with van der Waals surface area (Å²) < 4.78 is 27.3. The van der Waals surface area contributed by atoms with Crippen LogP contribution in [0.15, 0.2) is 30.6 Å². The monoisotopic (exact) mass is 245 g/mol. The van der Waals surface area contributed by atoms with E-state index in [9.17, 15) is 8.78 Å². The Bertz CT molecular complexity index is 485. The minimum Gasteiger partial charge on any atom is -0.326 e. The lowest BCUT2D eigenvalue weighted by molar-refractivity contribution is 0.573. The smallest absolute Gasteiger partial charge is 0.151 e. The lowest BCUT2D eigenvalue weighted by Crippen LogP contribution is -1.99. The van der Waals surface area contributed by atoms with E-state index in [1.165, 1.54) is 16.8 Å². The molecule has 2 aromatic rings.